The van der Waals surface area contributed by atoms with Crippen molar-refractivity contribution in [2.45, 2.75) is 30.7 Å². The molecule has 1 amide bonds. The Labute approximate surface area is 118 Å². The summed E-state index contributed by atoms with van der Waals surface area (Å²) in [6.45, 7) is 0.345. The van der Waals surface area contributed by atoms with Gasteiger partial charge < -0.3 is 5.32 Å². The average Bonchev–Trinajstić information content (AvgIpc) is 2.89. The summed E-state index contributed by atoms with van der Waals surface area (Å²) >= 11 is 0. The van der Waals surface area contributed by atoms with E-state index >= 15 is 0 Å². The second kappa shape index (κ2) is 4.86. The number of carbonyl (C=O) groups excluding carboxylic acids is 1. The predicted molar refractivity (Wildman–Crippen MR) is 74.0 cm³/mol. The zero-order chi connectivity index (χ0) is 14.3. The highest BCUT2D eigenvalue weighted by molar-refractivity contribution is 7.89. The number of nitrogens with two attached hydrogens (primary N) is 1. The number of primary sulfonamides is 1. The molecule has 2 aliphatic carbocycles. The van der Waals surface area contributed by atoms with E-state index in [4.69, 9.17) is 5.14 Å². The standard InChI is InChI=1S/C14H18N2O3S/c15-20(18,19)10-4-1-3-9(7-10)8-16-14(17)13-11-5-2-6-12(11)13/h1,3-4,7,11-13H,2,5-6,8H2,(H,16,17)(H2,15,18,19). The van der Waals surface area contributed by atoms with Crippen LogP contribution >= 0.6 is 0 Å². The minimum atomic E-state index is -3.69. The van der Waals surface area contributed by atoms with Gasteiger partial charge in [-0.2, -0.15) is 0 Å². The molecule has 3 rings (SSSR count). The summed E-state index contributed by atoms with van der Waals surface area (Å²) in [6, 6.07) is 6.37. The van der Waals surface area contributed by atoms with E-state index in [1.807, 2.05) is 0 Å². The maximum atomic E-state index is 12.0. The number of nitrogens with one attached hydrogen (secondary N) is 1. The van der Waals surface area contributed by atoms with Crippen molar-refractivity contribution in [3.8, 4) is 0 Å². The fourth-order valence-corrected chi connectivity index (χ4v) is 3.93. The summed E-state index contributed by atoms with van der Waals surface area (Å²) < 4.78 is 22.5. The van der Waals surface area contributed by atoms with Crippen molar-refractivity contribution in [2.24, 2.45) is 22.9 Å². The van der Waals surface area contributed by atoms with Crippen LogP contribution in [0.15, 0.2) is 29.2 Å². The zero-order valence-corrected chi connectivity index (χ0v) is 11.9. The highest BCUT2D eigenvalue weighted by atomic mass is 32.2. The van der Waals surface area contributed by atoms with Gasteiger partial charge in [-0.15, -0.1) is 0 Å². The van der Waals surface area contributed by atoms with E-state index < -0.39 is 10.0 Å². The summed E-state index contributed by atoms with van der Waals surface area (Å²) in [6.07, 6.45) is 3.59. The number of carbonyl (C=O) groups is 1. The van der Waals surface area contributed by atoms with Gasteiger partial charge in [0.05, 0.1) is 4.90 Å². The molecule has 0 bridgehead atoms. The molecule has 0 aliphatic heterocycles. The normalized spacial score (nSPS) is 27.9. The number of rotatable bonds is 4. The Kier molecular flexibility index (Phi) is 3.30. The molecule has 3 N–H and O–H groups in total. The molecule has 2 atom stereocenters. The molecule has 2 saturated carbocycles. The molecule has 6 heteroatoms. The Morgan fingerprint density at radius 3 is 2.65 bits per heavy atom. The minimum absolute atomic E-state index is 0.0764. The third-order valence-electron chi connectivity index (χ3n) is 4.40. The van der Waals surface area contributed by atoms with E-state index in [0.29, 0.717) is 18.4 Å². The Morgan fingerprint density at radius 2 is 2.00 bits per heavy atom. The molecule has 0 aromatic heterocycles. The van der Waals surface area contributed by atoms with Crippen LogP contribution < -0.4 is 10.5 Å². The van der Waals surface area contributed by atoms with Gasteiger partial charge >= 0.3 is 0 Å². The van der Waals surface area contributed by atoms with E-state index in [-0.39, 0.29) is 16.7 Å². The second-order valence-corrected chi connectivity index (χ2v) is 7.26. The van der Waals surface area contributed by atoms with E-state index in [9.17, 15) is 13.2 Å². The first kappa shape index (κ1) is 13.6. The van der Waals surface area contributed by atoms with Crippen LogP contribution in [-0.2, 0) is 21.4 Å². The number of benzene rings is 1. The number of hydrogen-bond donors (Lipinski definition) is 2. The first-order valence-electron chi connectivity index (χ1n) is 6.86. The predicted octanol–water partition coefficient (Wildman–Crippen LogP) is 0.996. The molecule has 0 heterocycles. The lowest BCUT2D eigenvalue weighted by Crippen LogP contribution is -2.26. The van der Waals surface area contributed by atoms with Gasteiger partial charge in [0, 0.05) is 12.5 Å². The zero-order valence-electron chi connectivity index (χ0n) is 11.1. The van der Waals surface area contributed by atoms with Crippen LogP contribution in [0.5, 0.6) is 0 Å². The van der Waals surface area contributed by atoms with Gasteiger partial charge in [-0.1, -0.05) is 18.6 Å². The number of fused-ring (bicyclic) bond motifs is 1. The van der Waals surface area contributed by atoms with E-state index in [0.717, 1.165) is 5.56 Å². The molecule has 20 heavy (non-hydrogen) atoms. The molecular weight excluding hydrogens is 276 g/mol. The third kappa shape index (κ3) is 2.58. The molecule has 0 saturated heterocycles. The molecule has 2 unspecified atom stereocenters. The van der Waals surface area contributed by atoms with Gasteiger partial charge in [-0.25, -0.2) is 13.6 Å². The number of hydrogen-bond acceptors (Lipinski definition) is 3. The quantitative estimate of drug-likeness (QED) is 0.868. The Bertz CT molecular complexity index is 632. The Balaban J connectivity index is 1.60. The lowest BCUT2D eigenvalue weighted by Gasteiger charge is -2.07. The van der Waals surface area contributed by atoms with Gasteiger partial charge in [0.2, 0.25) is 15.9 Å². The van der Waals surface area contributed by atoms with Crippen LogP contribution in [0.25, 0.3) is 0 Å². The summed E-state index contributed by atoms with van der Waals surface area (Å²) in [7, 11) is -3.69. The molecule has 5 nitrogen and oxygen atoms in total. The van der Waals surface area contributed by atoms with E-state index in [1.54, 1.807) is 12.1 Å². The largest absolute Gasteiger partial charge is 0.352 e. The van der Waals surface area contributed by atoms with Crippen LogP contribution in [0.4, 0.5) is 0 Å². The topological polar surface area (TPSA) is 89.3 Å². The smallest absolute Gasteiger partial charge is 0.238 e. The van der Waals surface area contributed by atoms with Gasteiger partial charge in [0.1, 0.15) is 0 Å². The maximum Gasteiger partial charge on any atom is 0.238 e. The average molecular weight is 294 g/mol. The van der Waals surface area contributed by atoms with E-state index in [1.165, 1.54) is 31.4 Å². The van der Waals surface area contributed by atoms with Gasteiger partial charge in [-0.3, -0.25) is 4.79 Å². The molecule has 1 aromatic carbocycles. The summed E-state index contributed by atoms with van der Waals surface area (Å²) in [5.74, 6) is 1.46. The molecule has 2 aliphatic rings. The van der Waals surface area contributed by atoms with Gasteiger partial charge in [0.15, 0.2) is 0 Å². The fraction of sp³-hybridized carbons (Fsp3) is 0.500. The highest BCUT2D eigenvalue weighted by Crippen LogP contribution is 2.57. The molecule has 1 aromatic rings. The van der Waals surface area contributed by atoms with Gasteiger partial charge in [0.25, 0.3) is 0 Å². The van der Waals surface area contributed by atoms with E-state index in [2.05, 4.69) is 5.32 Å². The van der Waals surface area contributed by atoms with Crippen LogP contribution in [-0.4, -0.2) is 14.3 Å². The van der Waals surface area contributed by atoms with Crippen LogP contribution in [0.1, 0.15) is 24.8 Å². The first-order valence-corrected chi connectivity index (χ1v) is 8.41. The molecular formula is C14H18N2O3S. The SMILES string of the molecule is NS(=O)(=O)c1cccc(CNC(=O)C2C3CCCC32)c1. The summed E-state index contributed by atoms with van der Waals surface area (Å²) in [5, 5.41) is 7.98. The molecule has 108 valence electrons. The minimum Gasteiger partial charge on any atom is -0.352 e. The van der Waals surface area contributed by atoms with Crippen molar-refractivity contribution in [1.82, 2.24) is 5.32 Å². The van der Waals surface area contributed by atoms with Crippen molar-refractivity contribution in [3.63, 3.8) is 0 Å². The monoisotopic (exact) mass is 294 g/mol. The van der Waals surface area contributed by atoms with Crippen LogP contribution in [0.3, 0.4) is 0 Å². The summed E-state index contributed by atoms with van der Waals surface area (Å²) in [5.41, 5.74) is 0.746. The summed E-state index contributed by atoms with van der Waals surface area (Å²) in [4.78, 5) is 12.1. The van der Waals surface area contributed by atoms with Crippen LogP contribution in [0, 0.1) is 17.8 Å². The highest BCUT2D eigenvalue weighted by Gasteiger charge is 2.56. The first-order chi connectivity index (χ1) is 9.47. The number of sulfonamides is 1. The van der Waals surface area contributed by atoms with Gasteiger partial charge in [-0.05, 0) is 42.4 Å². The number of amides is 1. The van der Waals surface area contributed by atoms with Crippen molar-refractivity contribution in [3.05, 3.63) is 29.8 Å². The Hall–Kier alpha value is -1.40. The van der Waals surface area contributed by atoms with Crippen molar-refractivity contribution in [1.29, 1.82) is 0 Å². The third-order valence-corrected chi connectivity index (χ3v) is 5.31. The van der Waals surface area contributed by atoms with Crippen molar-refractivity contribution < 1.29 is 13.2 Å². The van der Waals surface area contributed by atoms with Crippen molar-refractivity contribution in [2.75, 3.05) is 0 Å². The lowest BCUT2D eigenvalue weighted by atomic mass is 10.1. The van der Waals surface area contributed by atoms with Crippen LogP contribution in [0.2, 0.25) is 0 Å². The molecule has 0 spiro atoms. The lowest BCUT2D eigenvalue weighted by molar-refractivity contribution is -0.123. The second-order valence-electron chi connectivity index (χ2n) is 5.69. The molecule has 0 radical (unpaired) electrons. The van der Waals surface area contributed by atoms with Crippen molar-refractivity contribution >= 4 is 15.9 Å². The Morgan fingerprint density at radius 1 is 1.30 bits per heavy atom. The fourth-order valence-electron chi connectivity index (χ4n) is 3.35. The maximum absolute atomic E-state index is 12.0. The molecule has 2 fully saturated rings.